The molecule has 0 bridgehead atoms. The maximum atomic E-state index is 13.2. The van der Waals surface area contributed by atoms with Crippen LogP contribution in [-0.4, -0.2) is 24.7 Å². The Hall–Kier alpha value is -1.96. The molecule has 1 N–H and O–H groups in total. The van der Waals surface area contributed by atoms with Gasteiger partial charge in [-0.2, -0.15) is 4.31 Å². The van der Waals surface area contributed by atoms with Gasteiger partial charge in [-0.1, -0.05) is 17.7 Å². The predicted octanol–water partition coefficient (Wildman–Crippen LogP) is 3.64. The summed E-state index contributed by atoms with van der Waals surface area (Å²) in [7, 11) is -3.60. The molecule has 0 unspecified atom stereocenters. The summed E-state index contributed by atoms with van der Waals surface area (Å²) in [5.74, 6) is -1.06. The molecule has 0 fully saturated rings. The standard InChI is InChI=1S/C17H16ClFN2O3S/c1-10(2)21-9-13-12(4-3-5-16(13)25(21,23)24)17(22)20-11-6-7-15(19)14(18)8-11/h3-8,10H,9H2,1-2H3,(H,20,22). The number of amides is 1. The zero-order valence-electron chi connectivity index (χ0n) is 13.6. The monoisotopic (exact) mass is 382 g/mol. The van der Waals surface area contributed by atoms with E-state index >= 15 is 0 Å². The number of hydrogen-bond donors (Lipinski definition) is 1. The number of sulfonamides is 1. The van der Waals surface area contributed by atoms with Gasteiger partial charge >= 0.3 is 0 Å². The van der Waals surface area contributed by atoms with E-state index in [1.54, 1.807) is 19.9 Å². The lowest BCUT2D eigenvalue weighted by molar-refractivity contribution is 0.102. The van der Waals surface area contributed by atoms with Crippen LogP contribution >= 0.6 is 11.6 Å². The van der Waals surface area contributed by atoms with E-state index in [0.29, 0.717) is 11.3 Å². The summed E-state index contributed by atoms with van der Waals surface area (Å²) in [6, 6.07) is 8.22. The third kappa shape index (κ3) is 3.15. The number of nitrogens with zero attached hydrogens (tertiary/aromatic N) is 1. The fourth-order valence-electron chi connectivity index (χ4n) is 2.78. The number of halogens is 2. The predicted molar refractivity (Wildman–Crippen MR) is 93.7 cm³/mol. The van der Waals surface area contributed by atoms with Crippen LogP contribution in [0, 0.1) is 5.82 Å². The fraction of sp³-hybridized carbons (Fsp3) is 0.235. The van der Waals surface area contributed by atoms with Gasteiger partial charge in [0.15, 0.2) is 0 Å². The fourth-order valence-corrected chi connectivity index (χ4v) is 4.81. The number of rotatable bonds is 3. The van der Waals surface area contributed by atoms with Crippen molar-refractivity contribution in [2.45, 2.75) is 31.3 Å². The molecule has 1 aliphatic heterocycles. The second-order valence-corrected chi connectivity index (χ2v) is 8.28. The van der Waals surface area contributed by atoms with E-state index in [4.69, 9.17) is 11.6 Å². The third-order valence-corrected chi connectivity index (χ3v) is 6.43. The minimum absolute atomic E-state index is 0.107. The molecule has 5 nitrogen and oxygen atoms in total. The van der Waals surface area contributed by atoms with E-state index < -0.39 is 21.7 Å². The van der Waals surface area contributed by atoms with Crippen molar-refractivity contribution in [1.29, 1.82) is 0 Å². The van der Waals surface area contributed by atoms with E-state index in [0.717, 1.165) is 6.07 Å². The Kier molecular flexibility index (Phi) is 4.57. The van der Waals surface area contributed by atoms with Gasteiger partial charge < -0.3 is 5.32 Å². The summed E-state index contributed by atoms with van der Waals surface area (Å²) in [4.78, 5) is 12.7. The Bertz CT molecular complexity index is 960. The summed E-state index contributed by atoms with van der Waals surface area (Å²) >= 11 is 5.72. The maximum Gasteiger partial charge on any atom is 0.256 e. The van der Waals surface area contributed by atoms with Crippen molar-refractivity contribution in [2.24, 2.45) is 0 Å². The number of hydrogen-bond acceptors (Lipinski definition) is 3. The lowest BCUT2D eigenvalue weighted by Gasteiger charge is -2.18. The summed E-state index contributed by atoms with van der Waals surface area (Å²) in [6.45, 7) is 3.70. The summed E-state index contributed by atoms with van der Waals surface area (Å²) in [6.07, 6.45) is 0. The van der Waals surface area contributed by atoms with Gasteiger partial charge in [0.2, 0.25) is 10.0 Å². The van der Waals surface area contributed by atoms with Crippen LogP contribution in [0.3, 0.4) is 0 Å². The van der Waals surface area contributed by atoms with Crippen LogP contribution in [0.25, 0.3) is 0 Å². The molecule has 0 saturated heterocycles. The van der Waals surface area contributed by atoms with Crippen LogP contribution in [0.5, 0.6) is 0 Å². The second-order valence-electron chi connectivity index (χ2n) is 6.01. The molecule has 8 heteroatoms. The third-order valence-electron chi connectivity index (χ3n) is 4.03. The van der Waals surface area contributed by atoms with Crippen molar-refractivity contribution in [2.75, 3.05) is 5.32 Å². The van der Waals surface area contributed by atoms with Gasteiger partial charge in [-0.15, -0.1) is 0 Å². The van der Waals surface area contributed by atoms with Gasteiger partial charge in [0.05, 0.1) is 9.92 Å². The van der Waals surface area contributed by atoms with Crippen LogP contribution < -0.4 is 5.32 Å². The maximum absolute atomic E-state index is 13.2. The lowest BCUT2D eigenvalue weighted by atomic mass is 10.1. The molecule has 0 radical (unpaired) electrons. The van der Waals surface area contributed by atoms with Crippen LogP contribution in [0.15, 0.2) is 41.3 Å². The van der Waals surface area contributed by atoms with E-state index in [9.17, 15) is 17.6 Å². The second kappa shape index (κ2) is 6.40. The van der Waals surface area contributed by atoms with Gasteiger partial charge in [0, 0.05) is 29.4 Å². The highest BCUT2D eigenvalue weighted by molar-refractivity contribution is 7.89. The van der Waals surface area contributed by atoms with Crippen LogP contribution in [0.4, 0.5) is 10.1 Å². The molecule has 1 amide bonds. The van der Waals surface area contributed by atoms with E-state index in [-0.39, 0.29) is 28.1 Å². The molecule has 0 saturated carbocycles. The Morgan fingerprint density at radius 1 is 1.28 bits per heavy atom. The van der Waals surface area contributed by atoms with Crippen LogP contribution in [0.2, 0.25) is 5.02 Å². The zero-order valence-corrected chi connectivity index (χ0v) is 15.2. The topological polar surface area (TPSA) is 66.5 Å². The summed E-state index contributed by atoms with van der Waals surface area (Å²) in [5, 5.41) is 2.52. The molecule has 2 aromatic rings. The largest absolute Gasteiger partial charge is 0.322 e. The average molecular weight is 383 g/mol. The van der Waals surface area contributed by atoms with Crippen LogP contribution in [0.1, 0.15) is 29.8 Å². The highest BCUT2D eigenvalue weighted by atomic mass is 35.5. The molecule has 132 valence electrons. The quantitative estimate of drug-likeness (QED) is 0.881. The van der Waals surface area contributed by atoms with Crippen molar-refractivity contribution in [3.63, 3.8) is 0 Å². The summed E-state index contributed by atoms with van der Waals surface area (Å²) in [5.41, 5.74) is 1.06. The molecular formula is C17H16ClFN2O3S. The van der Waals surface area contributed by atoms with Gasteiger partial charge in [-0.3, -0.25) is 4.79 Å². The number of fused-ring (bicyclic) bond motifs is 1. The number of anilines is 1. The Balaban J connectivity index is 1.96. The number of carbonyl (C=O) groups excluding carboxylic acids is 1. The molecule has 0 atom stereocenters. The first-order valence-corrected chi connectivity index (χ1v) is 9.43. The number of carbonyl (C=O) groups is 1. The molecule has 3 rings (SSSR count). The molecule has 1 heterocycles. The van der Waals surface area contributed by atoms with Crippen molar-refractivity contribution in [3.05, 3.63) is 58.4 Å². The molecule has 25 heavy (non-hydrogen) atoms. The first-order valence-electron chi connectivity index (χ1n) is 7.62. The first kappa shape index (κ1) is 17.8. The van der Waals surface area contributed by atoms with Crippen molar-refractivity contribution < 1.29 is 17.6 Å². The number of benzene rings is 2. The molecular weight excluding hydrogens is 367 g/mol. The molecule has 1 aliphatic rings. The van der Waals surface area contributed by atoms with Crippen molar-refractivity contribution >= 4 is 33.2 Å². The lowest BCUT2D eigenvalue weighted by Crippen LogP contribution is -2.31. The average Bonchev–Trinajstić information content (AvgIpc) is 2.82. The molecule has 0 aliphatic carbocycles. The SMILES string of the molecule is CC(C)N1Cc2c(C(=O)Nc3ccc(F)c(Cl)c3)cccc2S1(=O)=O. The molecule has 0 aromatic heterocycles. The van der Waals surface area contributed by atoms with Gasteiger partial charge in [0.25, 0.3) is 5.91 Å². The Morgan fingerprint density at radius 3 is 2.64 bits per heavy atom. The van der Waals surface area contributed by atoms with Gasteiger partial charge in [-0.25, -0.2) is 12.8 Å². The van der Waals surface area contributed by atoms with Gasteiger partial charge in [0.1, 0.15) is 5.82 Å². The normalized spacial score (nSPS) is 16.0. The van der Waals surface area contributed by atoms with E-state index in [1.165, 1.54) is 28.6 Å². The Labute approximate surface area is 150 Å². The first-order chi connectivity index (χ1) is 11.7. The molecule has 0 spiro atoms. The smallest absolute Gasteiger partial charge is 0.256 e. The highest BCUT2D eigenvalue weighted by Gasteiger charge is 2.38. The highest BCUT2D eigenvalue weighted by Crippen LogP contribution is 2.34. The van der Waals surface area contributed by atoms with Crippen LogP contribution in [-0.2, 0) is 16.6 Å². The van der Waals surface area contributed by atoms with Crippen molar-refractivity contribution in [3.8, 4) is 0 Å². The number of nitrogens with one attached hydrogen (secondary N) is 1. The molecule has 2 aromatic carbocycles. The van der Waals surface area contributed by atoms with E-state index in [1.807, 2.05) is 0 Å². The summed E-state index contributed by atoms with van der Waals surface area (Å²) < 4.78 is 39.7. The zero-order chi connectivity index (χ0) is 18.4. The minimum atomic E-state index is -3.60. The Morgan fingerprint density at radius 2 is 2.00 bits per heavy atom. The van der Waals surface area contributed by atoms with E-state index in [2.05, 4.69) is 5.32 Å². The van der Waals surface area contributed by atoms with Crippen molar-refractivity contribution in [1.82, 2.24) is 4.31 Å². The van der Waals surface area contributed by atoms with Gasteiger partial charge in [-0.05, 0) is 44.2 Å². The minimum Gasteiger partial charge on any atom is -0.322 e.